The molecule has 4 rings (SSSR count). The van der Waals surface area contributed by atoms with Crippen molar-refractivity contribution in [3.8, 4) is 11.5 Å². The first-order chi connectivity index (χ1) is 16.2. The van der Waals surface area contributed by atoms with Crippen molar-refractivity contribution in [2.24, 2.45) is 0 Å². The molecule has 0 spiro atoms. The molecule has 0 aliphatic carbocycles. The Morgan fingerprint density at radius 1 is 1.00 bits per heavy atom. The van der Waals surface area contributed by atoms with Gasteiger partial charge in [0.15, 0.2) is 22.9 Å². The summed E-state index contributed by atoms with van der Waals surface area (Å²) < 4.78 is 11.2. The number of Topliss-reactive ketones (excluding diaryl/α,β-unsaturated/α-hetero) is 1. The quantitative estimate of drug-likeness (QED) is 0.436. The second kappa shape index (κ2) is 9.24. The van der Waals surface area contributed by atoms with E-state index in [4.69, 9.17) is 9.47 Å². The fourth-order valence-corrected chi connectivity index (χ4v) is 4.75. The molecule has 1 unspecified atom stereocenters. The van der Waals surface area contributed by atoms with E-state index in [0.29, 0.717) is 39.3 Å². The Bertz CT molecular complexity index is 1290. The number of ketones is 1. The van der Waals surface area contributed by atoms with Crippen molar-refractivity contribution in [2.45, 2.75) is 32.4 Å². The summed E-state index contributed by atoms with van der Waals surface area (Å²) in [6.45, 7) is 4.31. The lowest BCUT2D eigenvalue weighted by Gasteiger charge is -2.23. The van der Waals surface area contributed by atoms with Crippen molar-refractivity contribution >= 4 is 33.3 Å². The van der Waals surface area contributed by atoms with Gasteiger partial charge in [0.25, 0.3) is 5.91 Å². The Kier molecular flexibility index (Phi) is 6.51. The Hall–Kier alpha value is -3.16. The lowest BCUT2D eigenvalue weighted by atomic mass is 9.88. The van der Waals surface area contributed by atoms with Gasteiger partial charge in [0.05, 0.1) is 32.9 Å². The Morgan fingerprint density at radius 2 is 1.74 bits per heavy atom. The van der Waals surface area contributed by atoms with Crippen LogP contribution in [0, 0.1) is 13.8 Å². The zero-order chi connectivity index (χ0) is 24.6. The van der Waals surface area contributed by atoms with Gasteiger partial charge in [0.2, 0.25) is 0 Å². The van der Waals surface area contributed by atoms with Crippen molar-refractivity contribution in [3.63, 3.8) is 0 Å². The molecule has 3 aromatic carbocycles. The number of amides is 1. The number of carbonyl (C=O) groups excluding carboxylic acids is 2. The number of fused-ring (bicyclic) bond motifs is 1. The first kappa shape index (κ1) is 24.0. The standard InChI is InChI=1S/C27H26BrNO5/c1-16-5-6-19(17(2)11-16)15-29-22-9-8-20(28)13-21(22)27(32,26(29)31)14-23(30)18-7-10-24(33-3)25(12-18)34-4/h5-13,32H,14-15H2,1-4H3. The molecule has 1 aliphatic rings. The summed E-state index contributed by atoms with van der Waals surface area (Å²) in [7, 11) is 3.00. The van der Waals surface area contributed by atoms with Crippen LogP contribution in [-0.2, 0) is 16.9 Å². The number of methoxy groups -OCH3 is 2. The smallest absolute Gasteiger partial charge is 0.264 e. The molecule has 0 saturated heterocycles. The van der Waals surface area contributed by atoms with Crippen LogP contribution < -0.4 is 14.4 Å². The topological polar surface area (TPSA) is 76.1 Å². The van der Waals surface area contributed by atoms with Crippen LogP contribution >= 0.6 is 15.9 Å². The van der Waals surface area contributed by atoms with Crippen LogP contribution in [-0.4, -0.2) is 31.0 Å². The number of anilines is 1. The number of aryl methyl sites for hydroxylation is 2. The monoisotopic (exact) mass is 523 g/mol. The fraction of sp³-hybridized carbons (Fsp3) is 0.259. The average molecular weight is 524 g/mol. The van der Waals surface area contributed by atoms with Gasteiger partial charge < -0.3 is 19.5 Å². The van der Waals surface area contributed by atoms with Gasteiger partial charge in [-0.2, -0.15) is 0 Å². The number of rotatable bonds is 7. The third-order valence-electron chi connectivity index (χ3n) is 6.24. The zero-order valence-corrected chi connectivity index (χ0v) is 21.1. The van der Waals surface area contributed by atoms with Crippen molar-refractivity contribution in [3.05, 3.63) is 86.9 Å². The maximum absolute atomic E-state index is 13.6. The van der Waals surface area contributed by atoms with Gasteiger partial charge in [-0.05, 0) is 61.4 Å². The van der Waals surface area contributed by atoms with Crippen LogP contribution in [0.4, 0.5) is 5.69 Å². The third kappa shape index (κ3) is 4.21. The van der Waals surface area contributed by atoms with E-state index in [9.17, 15) is 14.7 Å². The Labute approximate surface area is 207 Å². The van der Waals surface area contributed by atoms with Gasteiger partial charge >= 0.3 is 0 Å². The summed E-state index contributed by atoms with van der Waals surface area (Å²) in [5.74, 6) is -0.00757. The lowest BCUT2D eigenvalue weighted by molar-refractivity contribution is -0.136. The maximum atomic E-state index is 13.6. The molecule has 3 aromatic rings. The predicted octanol–water partition coefficient (Wildman–Crippen LogP) is 5.09. The molecule has 1 amide bonds. The van der Waals surface area contributed by atoms with Gasteiger partial charge in [-0.1, -0.05) is 39.7 Å². The molecular formula is C27H26BrNO5. The van der Waals surface area contributed by atoms with Crippen molar-refractivity contribution < 1.29 is 24.2 Å². The van der Waals surface area contributed by atoms with Crippen LogP contribution in [0.25, 0.3) is 0 Å². The van der Waals surface area contributed by atoms with E-state index in [1.54, 1.807) is 35.2 Å². The molecule has 1 aliphatic heterocycles. The van der Waals surface area contributed by atoms with E-state index < -0.39 is 17.9 Å². The van der Waals surface area contributed by atoms with E-state index in [-0.39, 0.29) is 5.78 Å². The van der Waals surface area contributed by atoms with E-state index in [1.807, 2.05) is 32.0 Å². The van der Waals surface area contributed by atoms with Gasteiger partial charge in [-0.3, -0.25) is 9.59 Å². The molecule has 1 atom stereocenters. The average Bonchev–Trinajstić information content (AvgIpc) is 3.01. The number of ether oxygens (including phenoxy) is 2. The van der Waals surface area contributed by atoms with Crippen LogP contribution in [0.3, 0.4) is 0 Å². The zero-order valence-electron chi connectivity index (χ0n) is 19.5. The molecular weight excluding hydrogens is 498 g/mol. The number of hydrogen-bond donors (Lipinski definition) is 1. The summed E-state index contributed by atoms with van der Waals surface area (Å²) in [5, 5.41) is 11.7. The van der Waals surface area contributed by atoms with Gasteiger partial charge in [0.1, 0.15) is 0 Å². The second-order valence-electron chi connectivity index (χ2n) is 8.51. The molecule has 1 heterocycles. The van der Waals surface area contributed by atoms with Crippen molar-refractivity contribution in [2.75, 3.05) is 19.1 Å². The highest BCUT2D eigenvalue weighted by molar-refractivity contribution is 9.10. The predicted molar refractivity (Wildman–Crippen MR) is 134 cm³/mol. The number of nitrogens with zero attached hydrogens (tertiary/aromatic N) is 1. The summed E-state index contributed by atoms with van der Waals surface area (Å²) >= 11 is 3.43. The minimum absolute atomic E-state index is 0.298. The molecule has 34 heavy (non-hydrogen) atoms. The van der Waals surface area contributed by atoms with Gasteiger partial charge in [-0.25, -0.2) is 0 Å². The largest absolute Gasteiger partial charge is 0.493 e. The first-order valence-electron chi connectivity index (χ1n) is 10.8. The third-order valence-corrected chi connectivity index (χ3v) is 6.74. The molecule has 0 radical (unpaired) electrons. The highest BCUT2D eigenvalue weighted by atomic mass is 79.9. The Morgan fingerprint density at radius 3 is 2.41 bits per heavy atom. The molecule has 7 heteroatoms. The fourth-order valence-electron chi connectivity index (χ4n) is 4.39. The van der Waals surface area contributed by atoms with Crippen LogP contribution in [0.5, 0.6) is 11.5 Å². The van der Waals surface area contributed by atoms with E-state index in [1.165, 1.54) is 14.2 Å². The summed E-state index contributed by atoms with van der Waals surface area (Å²) in [5.41, 5.74) is 2.51. The van der Waals surface area contributed by atoms with Gasteiger partial charge in [-0.15, -0.1) is 0 Å². The normalized spacial score (nSPS) is 17.0. The summed E-state index contributed by atoms with van der Waals surface area (Å²) in [6, 6.07) is 16.1. The molecule has 6 nitrogen and oxygen atoms in total. The summed E-state index contributed by atoms with van der Waals surface area (Å²) in [6.07, 6.45) is -0.395. The minimum Gasteiger partial charge on any atom is -0.493 e. The lowest BCUT2D eigenvalue weighted by Crippen LogP contribution is -2.41. The second-order valence-corrected chi connectivity index (χ2v) is 9.43. The molecule has 0 aromatic heterocycles. The molecule has 0 saturated carbocycles. The number of hydrogen-bond acceptors (Lipinski definition) is 5. The molecule has 1 N–H and O–H groups in total. The van der Waals surface area contributed by atoms with Crippen LogP contribution in [0.1, 0.15) is 39.0 Å². The maximum Gasteiger partial charge on any atom is 0.264 e. The number of halogens is 1. The van der Waals surface area contributed by atoms with Crippen molar-refractivity contribution in [1.82, 2.24) is 0 Å². The van der Waals surface area contributed by atoms with E-state index in [2.05, 4.69) is 22.0 Å². The Balaban J connectivity index is 1.70. The highest BCUT2D eigenvalue weighted by Crippen LogP contribution is 2.45. The van der Waals surface area contributed by atoms with Crippen molar-refractivity contribution in [1.29, 1.82) is 0 Å². The first-order valence-corrected chi connectivity index (χ1v) is 11.6. The highest BCUT2D eigenvalue weighted by Gasteiger charge is 2.51. The summed E-state index contributed by atoms with van der Waals surface area (Å²) in [4.78, 5) is 28.4. The number of aliphatic hydroxyl groups is 1. The molecule has 0 fully saturated rings. The number of carbonyl (C=O) groups is 2. The molecule has 176 valence electrons. The van der Waals surface area contributed by atoms with E-state index in [0.717, 1.165) is 16.7 Å². The number of benzene rings is 3. The molecule has 0 bridgehead atoms. The van der Waals surface area contributed by atoms with E-state index >= 15 is 0 Å². The van der Waals surface area contributed by atoms with Gasteiger partial charge in [0, 0.05) is 15.6 Å². The van der Waals surface area contributed by atoms with Crippen LogP contribution in [0.15, 0.2) is 59.1 Å². The minimum atomic E-state index is -1.98. The SMILES string of the molecule is COc1ccc(C(=O)CC2(O)C(=O)N(Cc3ccc(C)cc3C)c3ccc(Br)cc32)cc1OC. The van der Waals surface area contributed by atoms with Crippen LogP contribution in [0.2, 0.25) is 0 Å².